The number of halogens is 3. The van der Waals surface area contributed by atoms with Gasteiger partial charge < -0.3 is 15.4 Å². The molecule has 0 aliphatic rings. The summed E-state index contributed by atoms with van der Waals surface area (Å²) in [5, 5.41) is 12.9. The number of aromatic nitrogens is 2. The number of benzene rings is 1. The number of aromatic hydroxyl groups is 1. The minimum absolute atomic E-state index is 0.0133. The average molecular weight is 301 g/mol. The predicted molar refractivity (Wildman–Crippen MR) is 68.2 cm³/mol. The fraction of sp³-hybridized carbons (Fsp3) is 0.385. The second-order valence-corrected chi connectivity index (χ2v) is 4.92. The largest absolute Gasteiger partial charge is 0.507 e. The van der Waals surface area contributed by atoms with Gasteiger partial charge >= 0.3 is 6.18 Å². The first-order valence-corrected chi connectivity index (χ1v) is 6.19. The molecule has 0 aliphatic heterocycles. The highest BCUT2D eigenvalue weighted by Crippen LogP contribution is 2.37. The molecule has 1 atom stereocenters. The lowest BCUT2D eigenvalue weighted by Gasteiger charge is -2.16. The number of phenols is 1. The Morgan fingerprint density at radius 2 is 2.00 bits per heavy atom. The van der Waals surface area contributed by atoms with Gasteiger partial charge in [-0.1, -0.05) is 12.1 Å². The van der Waals surface area contributed by atoms with Gasteiger partial charge in [0.1, 0.15) is 5.75 Å². The molecule has 2 rings (SSSR count). The van der Waals surface area contributed by atoms with Crippen molar-refractivity contribution >= 4 is 0 Å². The third-order valence-corrected chi connectivity index (χ3v) is 3.21. The van der Waals surface area contributed by atoms with Crippen LogP contribution in [-0.2, 0) is 11.7 Å². The van der Waals surface area contributed by atoms with Gasteiger partial charge in [0.15, 0.2) is 0 Å². The number of hydrogen-bond donors (Lipinski definition) is 2. The zero-order valence-corrected chi connectivity index (χ0v) is 11.4. The molecule has 0 spiro atoms. The van der Waals surface area contributed by atoms with Crippen LogP contribution in [0.4, 0.5) is 13.2 Å². The molecule has 2 aromatic rings. The first-order valence-electron chi connectivity index (χ1n) is 6.19. The maximum Gasteiger partial charge on any atom is 0.419 e. The summed E-state index contributed by atoms with van der Waals surface area (Å²) < 4.78 is 43.2. The van der Waals surface area contributed by atoms with Gasteiger partial charge in [0, 0.05) is 5.56 Å². The van der Waals surface area contributed by atoms with Crippen molar-refractivity contribution in [1.82, 2.24) is 10.1 Å². The fourth-order valence-corrected chi connectivity index (χ4v) is 1.63. The summed E-state index contributed by atoms with van der Waals surface area (Å²) in [5.74, 6) is -0.727. The maximum atomic E-state index is 12.7. The Balaban J connectivity index is 2.44. The third-order valence-electron chi connectivity index (χ3n) is 3.21. The molecule has 3 N–H and O–H groups in total. The van der Waals surface area contributed by atoms with E-state index in [1.54, 1.807) is 6.92 Å². The van der Waals surface area contributed by atoms with Crippen LogP contribution in [0.5, 0.6) is 5.75 Å². The predicted octanol–water partition coefficient (Wildman–Crippen LogP) is 3.04. The molecule has 21 heavy (non-hydrogen) atoms. The molecule has 1 unspecified atom stereocenters. The second-order valence-electron chi connectivity index (χ2n) is 4.92. The molecule has 0 radical (unpaired) electrons. The number of nitrogens with two attached hydrogens (primary N) is 1. The van der Waals surface area contributed by atoms with Crippen LogP contribution in [0.2, 0.25) is 0 Å². The van der Waals surface area contributed by atoms with E-state index in [1.165, 1.54) is 6.07 Å². The van der Waals surface area contributed by atoms with E-state index < -0.39 is 23.0 Å². The second kappa shape index (κ2) is 5.03. The zero-order valence-electron chi connectivity index (χ0n) is 11.4. The van der Waals surface area contributed by atoms with Gasteiger partial charge in [-0.05, 0) is 31.5 Å². The van der Waals surface area contributed by atoms with Gasteiger partial charge in [0.25, 0.3) is 0 Å². The summed E-state index contributed by atoms with van der Waals surface area (Å²) in [6.45, 7) is 3.51. The van der Waals surface area contributed by atoms with Crippen molar-refractivity contribution in [3.05, 3.63) is 29.7 Å². The standard InChI is InChI=1S/C13H14F3N3O2/c1-3-12(2,17)11-18-10(19-21-11)7-4-5-9(20)8(6-7)13(14,15)16/h4-6,20H,3,17H2,1-2H3. The monoisotopic (exact) mass is 301 g/mol. The molecule has 0 saturated heterocycles. The van der Waals surface area contributed by atoms with Crippen LogP contribution in [0.1, 0.15) is 31.7 Å². The van der Waals surface area contributed by atoms with Crippen LogP contribution in [0.15, 0.2) is 22.7 Å². The van der Waals surface area contributed by atoms with Crippen LogP contribution in [0.3, 0.4) is 0 Å². The first-order chi connectivity index (χ1) is 9.65. The minimum atomic E-state index is -4.67. The van der Waals surface area contributed by atoms with Gasteiger partial charge in [-0.15, -0.1) is 0 Å². The molecule has 1 heterocycles. The molecule has 0 bridgehead atoms. The van der Waals surface area contributed by atoms with Crippen LogP contribution in [0.25, 0.3) is 11.4 Å². The van der Waals surface area contributed by atoms with E-state index in [1.807, 2.05) is 6.92 Å². The Bertz CT molecular complexity index is 650. The Morgan fingerprint density at radius 1 is 1.33 bits per heavy atom. The van der Waals surface area contributed by atoms with Crippen molar-refractivity contribution in [2.75, 3.05) is 0 Å². The molecule has 1 aromatic carbocycles. The number of rotatable bonds is 3. The van der Waals surface area contributed by atoms with Crippen LogP contribution < -0.4 is 5.73 Å². The van der Waals surface area contributed by atoms with Gasteiger partial charge in [-0.25, -0.2) is 0 Å². The Hall–Kier alpha value is -2.09. The summed E-state index contributed by atoms with van der Waals surface area (Å²) in [4.78, 5) is 4.02. The van der Waals surface area contributed by atoms with E-state index in [0.29, 0.717) is 6.42 Å². The van der Waals surface area contributed by atoms with E-state index in [2.05, 4.69) is 10.1 Å². The molecule has 1 aromatic heterocycles. The summed E-state index contributed by atoms with van der Waals surface area (Å²) >= 11 is 0. The number of alkyl halides is 3. The molecule has 0 saturated carbocycles. The van der Waals surface area contributed by atoms with Crippen LogP contribution in [-0.4, -0.2) is 15.2 Å². The molecule has 0 amide bonds. The smallest absolute Gasteiger partial charge is 0.419 e. The topological polar surface area (TPSA) is 85.2 Å². The summed E-state index contributed by atoms with van der Waals surface area (Å²) in [6, 6.07) is 2.98. The van der Waals surface area contributed by atoms with Gasteiger partial charge in [-0.3, -0.25) is 0 Å². The molecule has 0 aliphatic carbocycles. The number of nitrogens with zero attached hydrogens (tertiary/aromatic N) is 2. The third kappa shape index (κ3) is 2.99. The molecule has 0 fully saturated rings. The van der Waals surface area contributed by atoms with E-state index >= 15 is 0 Å². The summed E-state index contributed by atoms with van der Waals surface area (Å²) in [5.41, 5.74) is 4.01. The van der Waals surface area contributed by atoms with Crippen LogP contribution in [0, 0.1) is 0 Å². The molecular weight excluding hydrogens is 287 g/mol. The Kier molecular flexibility index (Phi) is 3.66. The molecule has 5 nitrogen and oxygen atoms in total. The lowest BCUT2D eigenvalue weighted by atomic mass is 10.0. The summed E-state index contributed by atoms with van der Waals surface area (Å²) in [7, 11) is 0. The fourth-order valence-electron chi connectivity index (χ4n) is 1.63. The highest BCUT2D eigenvalue weighted by molar-refractivity contribution is 5.58. The van der Waals surface area contributed by atoms with Crippen molar-refractivity contribution in [1.29, 1.82) is 0 Å². The quantitative estimate of drug-likeness (QED) is 0.910. The van der Waals surface area contributed by atoms with E-state index in [4.69, 9.17) is 10.3 Å². The van der Waals surface area contributed by atoms with Crippen molar-refractivity contribution in [2.45, 2.75) is 32.0 Å². The SMILES string of the molecule is CCC(C)(N)c1nc(-c2ccc(O)c(C(F)(F)F)c2)no1. The zero-order chi connectivity index (χ0) is 15.8. The minimum Gasteiger partial charge on any atom is -0.507 e. The normalized spacial score (nSPS) is 15.0. The van der Waals surface area contributed by atoms with Crippen LogP contribution >= 0.6 is 0 Å². The van der Waals surface area contributed by atoms with Crippen molar-refractivity contribution in [3.8, 4) is 17.1 Å². The van der Waals surface area contributed by atoms with Gasteiger partial charge in [-0.2, -0.15) is 18.2 Å². The van der Waals surface area contributed by atoms with Gasteiger partial charge in [0.05, 0.1) is 11.1 Å². The molecule has 114 valence electrons. The molecular formula is C13H14F3N3O2. The highest BCUT2D eigenvalue weighted by atomic mass is 19.4. The van der Waals surface area contributed by atoms with E-state index in [9.17, 15) is 18.3 Å². The van der Waals surface area contributed by atoms with E-state index in [-0.39, 0.29) is 17.3 Å². The lowest BCUT2D eigenvalue weighted by molar-refractivity contribution is -0.138. The molecule has 8 heteroatoms. The Labute approximate surface area is 118 Å². The number of phenolic OH excluding ortho intramolecular Hbond substituents is 1. The van der Waals surface area contributed by atoms with Crippen molar-refractivity contribution in [2.24, 2.45) is 5.73 Å². The Morgan fingerprint density at radius 3 is 2.57 bits per heavy atom. The lowest BCUT2D eigenvalue weighted by Crippen LogP contribution is -2.32. The van der Waals surface area contributed by atoms with Gasteiger partial charge in [0.2, 0.25) is 11.7 Å². The van der Waals surface area contributed by atoms with E-state index in [0.717, 1.165) is 12.1 Å². The number of hydrogen-bond acceptors (Lipinski definition) is 5. The summed E-state index contributed by atoms with van der Waals surface area (Å²) in [6.07, 6.45) is -4.14. The first kappa shape index (κ1) is 15.3. The van der Waals surface area contributed by atoms with Crippen molar-refractivity contribution in [3.63, 3.8) is 0 Å². The maximum absolute atomic E-state index is 12.7. The highest BCUT2D eigenvalue weighted by Gasteiger charge is 2.34. The van der Waals surface area contributed by atoms with Crippen molar-refractivity contribution < 1.29 is 22.8 Å². The average Bonchev–Trinajstić information content (AvgIpc) is 2.88.